The molecule has 7 aromatic carbocycles. The first-order valence-corrected chi connectivity index (χ1v) is 14.6. The zero-order chi connectivity index (χ0) is 27.9. The molecule has 0 unspecified atom stereocenters. The minimum Gasteiger partial charge on any atom is -0.0619 e. The van der Waals surface area contributed by atoms with Gasteiger partial charge in [-0.05, 0) is 96.2 Å². The van der Waals surface area contributed by atoms with Crippen LogP contribution in [-0.2, 0) is 5.41 Å². The number of hydrogen-bond donors (Lipinski definition) is 0. The molecule has 0 N–H and O–H groups in total. The van der Waals surface area contributed by atoms with Gasteiger partial charge in [0.2, 0.25) is 0 Å². The van der Waals surface area contributed by atoms with Crippen LogP contribution in [0.15, 0.2) is 121 Å². The monoisotopic (exact) mass is 524 g/mol. The summed E-state index contributed by atoms with van der Waals surface area (Å²) in [6.07, 6.45) is 0. The van der Waals surface area contributed by atoms with E-state index in [4.69, 9.17) is 0 Å². The molecule has 0 radical (unpaired) electrons. The zero-order valence-corrected chi connectivity index (χ0v) is 24.0. The van der Waals surface area contributed by atoms with Crippen molar-refractivity contribution >= 4 is 32.3 Å². The summed E-state index contributed by atoms with van der Waals surface area (Å²) in [4.78, 5) is 0. The van der Waals surface area contributed by atoms with Gasteiger partial charge in [0, 0.05) is 5.41 Å². The zero-order valence-electron chi connectivity index (χ0n) is 24.0. The van der Waals surface area contributed by atoms with Crippen molar-refractivity contribution < 1.29 is 0 Å². The fourth-order valence-corrected chi connectivity index (χ4v) is 7.53. The van der Waals surface area contributed by atoms with E-state index < -0.39 is 0 Å². The molecule has 0 fully saturated rings. The van der Waals surface area contributed by atoms with Crippen molar-refractivity contribution in [2.24, 2.45) is 0 Å². The molecule has 0 aromatic heterocycles. The quantitative estimate of drug-likeness (QED) is 0.197. The fourth-order valence-electron chi connectivity index (χ4n) is 7.53. The Bertz CT molecular complexity index is 2190. The van der Waals surface area contributed by atoms with E-state index in [9.17, 15) is 0 Å². The number of fused-ring (bicyclic) bond motifs is 6. The van der Waals surface area contributed by atoms with Gasteiger partial charge in [-0.1, -0.05) is 141 Å². The largest absolute Gasteiger partial charge is 0.0619 e. The highest BCUT2D eigenvalue weighted by molar-refractivity contribution is 6.25. The average Bonchev–Trinajstić information content (AvgIpc) is 3.23. The van der Waals surface area contributed by atoms with Crippen molar-refractivity contribution in [3.63, 3.8) is 0 Å². The number of benzene rings is 7. The topological polar surface area (TPSA) is 0 Å². The van der Waals surface area contributed by atoms with E-state index >= 15 is 0 Å². The first-order chi connectivity index (χ1) is 19.9. The molecule has 1 aliphatic carbocycles. The maximum Gasteiger partial charge on any atom is 0.0159 e. The van der Waals surface area contributed by atoms with E-state index in [1.807, 2.05) is 0 Å². The second kappa shape index (κ2) is 8.66. The Morgan fingerprint density at radius 1 is 0.415 bits per heavy atom. The normalized spacial score (nSPS) is 13.6. The molecule has 196 valence electrons. The first-order valence-electron chi connectivity index (χ1n) is 14.6. The van der Waals surface area contributed by atoms with E-state index in [-0.39, 0.29) is 5.41 Å². The van der Waals surface area contributed by atoms with Crippen LogP contribution in [0.25, 0.3) is 65.7 Å². The number of rotatable bonds is 2. The lowest BCUT2D eigenvalue weighted by atomic mass is 9.80. The standard InChI is InChI=1S/C41H32/c1-25-20-23-31-34(24-25)38(33-17-11-19-36-39(33)32-16-9-10-18-35(32)41(36,3)4)29-14-7-8-15-30(29)40(31)37-26(2)21-22-27-12-5-6-13-28(27)37/h5-24H,1-4H3. The molecule has 41 heavy (non-hydrogen) atoms. The van der Waals surface area contributed by atoms with Gasteiger partial charge < -0.3 is 0 Å². The molecule has 0 bridgehead atoms. The molecule has 1 aliphatic rings. The van der Waals surface area contributed by atoms with Crippen molar-refractivity contribution in [1.82, 2.24) is 0 Å². The lowest BCUT2D eigenvalue weighted by Gasteiger charge is -2.23. The summed E-state index contributed by atoms with van der Waals surface area (Å²) >= 11 is 0. The molecule has 0 atom stereocenters. The van der Waals surface area contributed by atoms with Crippen LogP contribution in [0, 0.1) is 13.8 Å². The summed E-state index contributed by atoms with van der Waals surface area (Å²) < 4.78 is 0. The Balaban J connectivity index is 1.58. The Hall–Kier alpha value is -4.68. The summed E-state index contributed by atoms with van der Waals surface area (Å²) in [5, 5.41) is 7.84. The molecule has 0 saturated carbocycles. The second-order valence-corrected chi connectivity index (χ2v) is 12.2. The molecule has 0 nitrogen and oxygen atoms in total. The third-order valence-electron chi connectivity index (χ3n) is 9.44. The van der Waals surface area contributed by atoms with E-state index in [0.717, 1.165) is 0 Å². The molecule has 0 heteroatoms. The van der Waals surface area contributed by atoms with Crippen LogP contribution in [-0.4, -0.2) is 0 Å². The number of hydrogen-bond acceptors (Lipinski definition) is 0. The van der Waals surface area contributed by atoms with Crippen LogP contribution in [0.1, 0.15) is 36.1 Å². The second-order valence-electron chi connectivity index (χ2n) is 12.2. The lowest BCUT2D eigenvalue weighted by molar-refractivity contribution is 0.660. The van der Waals surface area contributed by atoms with Gasteiger partial charge in [-0.3, -0.25) is 0 Å². The summed E-state index contributed by atoms with van der Waals surface area (Å²) in [5.74, 6) is 0. The summed E-state index contributed by atoms with van der Waals surface area (Å²) in [6, 6.07) is 45.4. The minimum atomic E-state index is -0.0382. The van der Waals surface area contributed by atoms with Gasteiger partial charge in [0.1, 0.15) is 0 Å². The van der Waals surface area contributed by atoms with Crippen molar-refractivity contribution in [3.8, 4) is 33.4 Å². The molecule has 7 aromatic rings. The highest BCUT2D eigenvalue weighted by Crippen LogP contribution is 2.54. The van der Waals surface area contributed by atoms with Crippen molar-refractivity contribution in [2.45, 2.75) is 33.1 Å². The van der Waals surface area contributed by atoms with Crippen LogP contribution < -0.4 is 0 Å². The highest BCUT2D eigenvalue weighted by Gasteiger charge is 2.37. The van der Waals surface area contributed by atoms with Crippen LogP contribution in [0.4, 0.5) is 0 Å². The van der Waals surface area contributed by atoms with E-state index in [1.54, 1.807) is 0 Å². The smallest absolute Gasteiger partial charge is 0.0159 e. The van der Waals surface area contributed by atoms with Gasteiger partial charge in [0.25, 0.3) is 0 Å². The van der Waals surface area contributed by atoms with Gasteiger partial charge >= 0.3 is 0 Å². The predicted molar refractivity (Wildman–Crippen MR) is 177 cm³/mol. The third-order valence-corrected chi connectivity index (χ3v) is 9.44. The van der Waals surface area contributed by atoms with E-state index in [2.05, 4.69) is 149 Å². The maximum absolute atomic E-state index is 2.41. The van der Waals surface area contributed by atoms with Gasteiger partial charge in [-0.2, -0.15) is 0 Å². The Morgan fingerprint density at radius 3 is 1.88 bits per heavy atom. The van der Waals surface area contributed by atoms with Crippen LogP contribution >= 0.6 is 0 Å². The summed E-state index contributed by atoms with van der Waals surface area (Å²) in [6.45, 7) is 9.21. The predicted octanol–water partition coefficient (Wildman–Crippen LogP) is 11.4. The van der Waals surface area contributed by atoms with Crippen LogP contribution in [0.2, 0.25) is 0 Å². The lowest BCUT2D eigenvalue weighted by Crippen LogP contribution is -2.14. The fraction of sp³-hybridized carbons (Fsp3) is 0.122. The SMILES string of the molecule is Cc1ccc2c(-c3c(C)ccc4ccccc34)c3ccccc3c(-c3cccc4c3-c3ccccc3C4(C)C)c2c1. The third kappa shape index (κ3) is 3.34. The van der Waals surface area contributed by atoms with Crippen LogP contribution in [0.5, 0.6) is 0 Å². The Labute approximate surface area is 241 Å². The van der Waals surface area contributed by atoms with E-state index in [1.165, 1.54) is 88.0 Å². The molecular weight excluding hydrogens is 492 g/mol. The van der Waals surface area contributed by atoms with Gasteiger partial charge in [-0.15, -0.1) is 0 Å². The van der Waals surface area contributed by atoms with Crippen molar-refractivity contribution in [1.29, 1.82) is 0 Å². The molecule has 0 amide bonds. The Morgan fingerprint density at radius 2 is 1.05 bits per heavy atom. The maximum atomic E-state index is 2.41. The summed E-state index contributed by atoms with van der Waals surface area (Å²) in [7, 11) is 0. The number of aryl methyl sites for hydroxylation is 2. The molecule has 8 rings (SSSR count). The molecule has 0 aliphatic heterocycles. The highest BCUT2D eigenvalue weighted by atomic mass is 14.4. The van der Waals surface area contributed by atoms with Gasteiger partial charge in [-0.25, -0.2) is 0 Å². The minimum absolute atomic E-state index is 0.0382. The van der Waals surface area contributed by atoms with Gasteiger partial charge in [0.05, 0.1) is 0 Å². The molecule has 0 spiro atoms. The first kappa shape index (κ1) is 24.1. The Kier molecular flexibility index (Phi) is 5.10. The van der Waals surface area contributed by atoms with E-state index in [0.29, 0.717) is 0 Å². The summed E-state index contributed by atoms with van der Waals surface area (Å²) in [5.41, 5.74) is 13.5. The van der Waals surface area contributed by atoms with Crippen molar-refractivity contribution in [3.05, 3.63) is 144 Å². The molecular formula is C41H32. The molecule has 0 saturated heterocycles. The van der Waals surface area contributed by atoms with Crippen LogP contribution in [0.3, 0.4) is 0 Å². The van der Waals surface area contributed by atoms with Gasteiger partial charge in [0.15, 0.2) is 0 Å². The van der Waals surface area contributed by atoms with Crippen molar-refractivity contribution in [2.75, 3.05) is 0 Å². The average molecular weight is 525 g/mol. The molecule has 0 heterocycles.